The highest BCUT2D eigenvalue weighted by molar-refractivity contribution is 5.68. The van der Waals surface area contributed by atoms with E-state index in [1.807, 2.05) is 61.5 Å². The van der Waals surface area contributed by atoms with Crippen LogP contribution in [-0.2, 0) is 0 Å². The number of nitrogens with zero attached hydrogens (tertiary/aromatic N) is 1. The Labute approximate surface area is 111 Å². The van der Waals surface area contributed by atoms with Crippen LogP contribution in [0, 0.1) is 6.92 Å². The van der Waals surface area contributed by atoms with Crippen LogP contribution >= 0.6 is 0 Å². The summed E-state index contributed by atoms with van der Waals surface area (Å²) in [5.41, 5.74) is 9.32. The van der Waals surface area contributed by atoms with Crippen LogP contribution in [0.2, 0.25) is 0 Å². The molecule has 0 amide bonds. The highest BCUT2D eigenvalue weighted by Gasteiger charge is 2.12. The molecule has 3 rings (SSSR count). The summed E-state index contributed by atoms with van der Waals surface area (Å²) in [5.74, 6) is 1.43. The normalized spacial score (nSPS) is 10.6. The lowest BCUT2D eigenvalue weighted by molar-refractivity contribution is 0.543. The molecule has 1 heterocycles. The van der Waals surface area contributed by atoms with Crippen molar-refractivity contribution in [3.05, 3.63) is 60.4 Å². The van der Waals surface area contributed by atoms with Crippen molar-refractivity contribution in [1.29, 1.82) is 0 Å². The second kappa shape index (κ2) is 4.61. The fourth-order valence-electron chi connectivity index (χ4n) is 2.05. The molecule has 1 aromatic heterocycles. The number of benzene rings is 2. The van der Waals surface area contributed by atoms with Crippen LogP contribution < -0.4 is 5.73 Å². The Morgan fingerprint density at radius 2 is 1.68 bits per heavy atom. The summed E-state index contributed by atoms with van der Waals surface area (Å²) in [5, 5.41) is 0. The first kappa shape index (κ1) is 11.5. The lowest BCUT2D eigenvalue weighted by Crippen LogP contribution is -1.86. The maximum atomic E-state index is 5.81. The molecular formula is C16H14N2O. The minimum atomic E-state index is 0.635. The zero-order valence-electron chi connectivity index (χ0n) is 10.6. The van der Waals surface area contributed by atoms with Crippen LogP contribution in [0.1, 0.15) is 5.76 Å². The van der Waals surface area contributed by atoms with Gasteiger partial charge in [-0.3, -0.25) is 0 Å². The molecule has 0 fully saturated rings. The van der Waals surface area contributed by atoms with E-state index in [0.29, 0.717) is 5.89 Å². The molecule has 0 radical (unpaired) electrons. The molecule has 3 aromatic rings. The van der Waals surface area contributed by atoms with Crippen LogP contribution in [-0.4, -0.2) is 4.98 Å². The lowest BCUT2D eigenvalue weighted by atomic mass is 10.1. The van der Waals surface area contributed by atoms with Crippen molar-refractivity contribution in [1.82, 2.24) is 4.98 Å². The number of oxazole rings is 1. The minimum Gasteiger partial charge on any atom is -0.441 e. The van der Waals surface area contributed by atoms with Crippen LogP contribution in [0.5, 0.6) is 0 Å². The van der Waals surface area contributed by atoms with E-state index < -0.39 is 0 Å². The Hall–Kier alpha value is -2.55. The van der Waals surface area contributed by atoms with Gasteiger partial charge in [-0.1, -0.05) is 30.3 Å². The number of aromatic nitrogens is 1. The van der Waals surface area contributed by atoms with Crippen molar-refractivity contribution in [3.63, 3.8) is 0 Å². The molecule has 19 heavy (non-hydrogen) atoms. The van der Waals surface area contributed by atoms with Crippen molar-refractivity contribution >= 4 is 5.69 Å². The van der Waals surface area contributed by atoms with Crippen molar-refractivity contribution in [2.24, 2.45) is 0 Å². The molecule has 0 aliphatic rings. The van der Waals surface area contributed by atoms with Crippen LogP contribution in [0.4, 0.5) is 5.69 Å². The Balaban J connectivity index is 2.08. The maximum absolute atomic E-state index is 5.81. The maximum Gasteiger partial charge on any atom is 0.226 e. The third kappa shape index (κ3) is 2.22. The standard InChI is InChI=1S/C16H14N2O/c1-11-15(13-8-5-9-14(17)10-13)18-16(19-11)12-6-3-2-4-7-12/h2-10H,17H2,1H3. The number of rotatable bonds is 2. The van der Waals surface area contributed by atoms with Crippen LogP contribution in [0.15, 0.2) is 59.0 Å². The van der Waals surface area contributed by atoms with Gasteiger partial charge in [0.05, 0.1) is 0 Å². The molecular weight excluding hydrogens is 236 g/mol. The Bertz CT molecular complexity index is 702. The van der Waals surface area contributed by atoms with E-state index in [2.05, 4.69) is 4.98 Å². The Kier molecular flexibility index (Phi) is 2.80. The zero-order chi connectivity index (χ0) is 13.2. The quantitative estimate of drug-likeness (QED) is 0.702. The monoisotopic (exact) mass is 250 g/mol. The van der Waals surface area contributed by atoms with Gasteiger partial charge in [-0.25, -0.2) is 4.98 Å². The van der Waals surface area contributed by atoms with E-state index in [1.54, 1.807) is 0 Å². The SMILES string of the molecule is Cc1oc(-c2ccccc2)nc1-c1cccc(N)c1. The van der Waals surface area contributed by atoms with E-state index in [4.69, 9.17) is 10.2 Å². The first-order valence-corrected chi connectivity index (χ1v) is 6.13. The van der Waals surface area contributed by atoms with E-state index in [1.165, 1.54) is 0 Å². The van der Waals surface area contributed by atoms with Gasteiger partial charge in [0.2, 0.25) is 5.89 Å². The topological polar surface area (TPSA) is 52.0 Å². The number of hydrogen-bond donors (Lipinski definition) is 1. The number of nitrogens with two attached hydrogens (primary N) is 1. The second-order valence-electron chi connectivity index (χ2n) is 4.42. The van der Waals surface area contributed by atoms with Gasteiger partial charge in [0.1, 0.15) is 11.5 Å². The molecule has 94 valence electrons. The van der Waals surface area contributed by atoms with Gasteiger partial charge in [-0.15, -0.1) is 0 Å². The molecule has 0 aliphatic heterocycles. The van der Waals surface area contributed by atoms with Gasteiger partial charge in [0.15, 0.2) is 0 Å². The first-order chi connectivity index (χ1) is 9.24. The molecule has 2 N–H and O–H groups in total. The Morgan fingerprint density at radius 3 is 2.42 bits per heavy atom. The molecule has 0 spiro atoms. The number of aryl methyl sites for hydroxylation is 1. The molecule has 0 aliphatic carbocycles. The predicted octanol–water partition coefficient (Wildman–Crippen LogP) is 3.90. The summed E-state index contributed by atoms with van der Waals surface area (Å²) in [7, 11) is 0. The Morgan fingerprint density at radius 1 is 0.947 bits per heavy atom. The second-order valence-corrected chi connectivity index (χ2v) is 4.42. The summed E-state index contributed by atoms with van der Waals surface area (Å²) in [6, 6.07) is 17.5. The fraction of sp³-hybridized carbons (Fsp3) is 0.0625. The highest BCUT2D eigenvalue weighted by atomic mass is 16.4. The van der Waals surface area contributed by atoms with Gasteiger partial charge in [0.25, 0.3) is 0 Å². The third-order valence-electron chi connectivity index (χ3n) is 2.98. The number of anilines is 1. The van der Waals surface area contributed by atoms with E-state index >= 15 is 0 Å². The molecule has 0 saturated carbocycles. The van der Waals surface area contributed by atoms with Gasteiger partial charge < -0.3 is 10.2 Å². The summed E-state index contributed by atoms with van der Waals surface area (Å²) in [6.07, 6.45) is 0. The molecule has 0 unspecified atom stereocenters. The molecule has 0 bridgehead atoms. The van der Waals surface area contributed by atoms with Gasteiger partial charge >= 0.3 is 0 Å². The van der Waals surface area contributed by atoms with E-state index in [9.17, 15) is 0 Å². The lowest BCUT2D eigenvalue weighted by Gasteiger charge is -1.98. The minimum absolute atomic E-state index is 0.635. The van der Waals surface area contributed by atoms with E-state index in [0.717, 1.165) is 28.3 Å². The number of hydrogen-bond acceptors (Lipinski definition) is 3. The fourth-order valence-corrected chi connectivity index (χ4v) is 2.05. The molecule has 0 saturated heterocycles. The molecule has 3 nitrogen and oxygen atoms in total. The zero-order valence-corrected chi connectivity index (χ0v) is 10.6. The summed E-state index contributed by atoms with van der Waals surface area (Å²) in [6.45, 7) is 1.91. The van der Waals surface area contributed by atoms with Crippen molar-refractivity contribution in [3.8, 4) is 22.7 Å². The van der Waals surface area contributed by atoms with Crippen molar-refractivity contribution in [2.45, 2.75) is 6.92 Å². The van der Waals surface area contributed by atoms with Crippen LogP contribution in [0.3, 0.4) is 0 Å². The van der Waals surface area contributed by atoms with Crippen molar-refractivity contribution < 1.29 is 4.42 Å². The van der Waals surface area contributed by atoms with Crippen molar-refractivity contribution in [2.75, 3.05) is 5.73 Å². The molecule has 2 aromatic carbocycles. The summed E-state index contributed by atoms with van der Waals surface area (Å²) >= 11 is 0. The smallest absolute Gasteiger partial charge is 0.226 e. The molecule has 0 atom stereocenters. The average Bonchev–Trinajstić information content (AvgIpc) is 2.82. The summed E-state index contributed by atoms with van der Waals surface area (Å²) in [4.78, 5) is 4.57. The van der Waals surface area contributed by atoms with Gasteiger partial charge in [-0.2, -0.15) is 0 Å². The van der Waals surface area contributed by atoms with E-state index in [-0.39, 0.29) is 0 Å². The largest absolute Gasteiger partial charge is 0.441 e. The number of nitrogen functional groups attached to an aromatic ring is 1. The first-order valence-electron chi connectivity index (χ1n) is 6.13. The highest BCUT2D eigenvalue weighted by Crippen LogP contribution is 2.29. The van der Waals surface area contributed by atoms with Gasteiger partial charge in [0, 0.05) is 16.8 Å². The average molecular weight is 250 g/mol. The predicted molar refractivity (Wildman–Crippen MR) is 76.5 cm³/mol. The van der Waals surface area contributed by atoms with Crippen LogP contribution in [0.25, 0.3) is 22.7 Å². The third-order valence-corrected chi connectivity index (χ3v) is 2.98. The van der Waals surface area contributed by atoms with Gasteiger partial charge in [-0.05, 0) is 31.2 Å². The molecule has 3 heteroatoms. The summed E-state index contributed by atoms with van der Waals surface area (Å²) < 4.78 is 5.74.